The van der Waals surface area contributed by atoms with Crippen molar-refractivity contribution >= 4 is 5.91 Å². The van der Waals surface area contributed by atoms with Gasteiger partial charge in [-0.25, -0.2) is 0 Å². The largest absolute Gasteiger partial charge is 0.368 e. The number of carbonyl (C=O) groups is 1. The minimum absolute atomic E-state index is 0.0493. The Balaban J connectivity index is 2.36. The molecule has 1 amide bonds. The maximum atomic E-state index is 11.4. The third kappa shape index (κ3) is 6.06. The van der Waals surface area contributed by atoms with Gasteiger partial charge in [0.05, 0.1) is 6.04 Å². The SMILES string of the molecule is CC(C)(C)N[C@@H](CCC1CCCCC1)C(N)=O. The molecule has 100 valence electrons. The van der Waals surface area contributed by atoms with Crippen LogP contribution in [0.4, 0.5) is 0 Å². The maximum absolute atomic E-state index is 11.4. The molecular formula is C14H28N2O. The Hall–Kier alpha value is -0.570. The number of amides is 1. The molecule has 1 aliphatic rings. The van der Waals surface area contributed by atoms with Crippen LogP contribution >= 0.6 is 0 Å². The lowest BCUT2D eigenvalue weighted by molar-refractivity contribution is -0.120. The van der Waals surface area contributed by atoms with Crippen LogP contribution in [0.15, 0.2) is 0 Å². The van der Waals surface area contributed by atoms with Crippen molar-refractivity contribution in [3.05, 3.63) is 0 Å². The van der Waals surface area contributed by atoms with Crippen LogP contribution in [0.3, 0.4) is 0 Å². The lowest BCUT2D eigenvalue weighted by Crippen LogP contribution is -2.50. The Morgan fingerprint density at radius 2 is 1.88 bits per heavy atom. The molecule has 3 nitrogen and oxygen atoms in total. The summed E-state index contributed by atoms with van der Waals surface area (Å²) in [5, 5.41) is 3.32. The number of primary amides is 1. The molecule has 0 aromatic carbocycles. The highest BCUT2D eigenvalue weighted by Gasteiger charge is 2.23. The first-order chi connectivity index (χ1) is 7.88. The highest BCUT2D eigenvalue weighted by molar-refractivity contribution is 5.79. The zero-order valence-corrected chi connectivity index (χ0v) is 11.6. The van der Waals surface area contributed by atoms with Gasteiger partial charge in [0.2, 0.25) is 5.91 Å². The van der Waals surface area contributed by atoms with Crippen LogP contribution in [0.25, 0.3) is 0 Å². The van der Waals surface area contributed by atoms with E-state index in [0.29, 0.717) is 0 Å². The lowest BCUT2D eigenvalue weighted by atomic mass is 9.85. The van der Waals surface area contributed by atoms with E-state index in [0.717, 1.165) is 18.8 Å². The maximum Gasteiger partial charge on any atom is 0.234 e. The van der Waals surface area contributed by atoms with Crippen molar-refractivity contribution in [2.75, 3.05) is 0 Å². The van der Waals surface area contributed by atoms with Gasteiger partial charge in [0, 0.05) is 5.54 Å². The number of hydrogen-bond acceptors (Lipinski definition) is 2. The van der Waals surface area contributed by atoms with Gasteiger partial charge in [0.15, 0.2) is 0 Å². The van der Waals surface area contributed by atoms with Gasteiger partial charge in [-0.1, -0.05) is 32.1 Å². The van der Waals surface area contributed by atoms with Crippen LogP contribution in [0, 0.1) is 5.92 Å². The quantitative estimate of drug-likeness (QED) is 0.776. The molecule has 1 rings (SSSR count). The molecule has 0 aromatic heterocycles. The fourth-order valence-electron chi connectivity index (χ4n) is 2.69. The van der Waals surface area contributed by atoms with Gasteiger partial charge in [-0.15, -0.1) is 0 Å². The standard InChI is InChI=1S/C14H28N2O/c1-14(2,3)16-12(13(15)17)10-9-11-7-5-4-6-8-11/h11-12,16H,4-10H2,1-3H3,(H2,15,17)/t12-/m0/s1. The normalized spacial score (nSPS) is 20.2. The van der Waals surface area contributed by atoms with E-state index in [9.17, 15) is 4.79 Å². The van der Waals surface area contributed by atoms with E-state index in [1.165, 1.54) is 32.1 Å². The minimum Gasteiger partial charge on any atom is -0.368 e. The van der Waals surface area contributed by atoms with E-state index in [-0.39, 0.29) is 17.5 Å². The number of hydrogen-bond donors (Lipinski definition) is 2. The van der Waals surface area contributed by atoms with E-state index >= 15 is 0 Å². The summed E-state index contributed by atoms with van der Waals surface area (Å²) in [4.78, 5) is 11.4. The molecule has 3 N–H and O–H groups in total. The molecule has 0 heterocycles. The summed E-state index contributed by atoms with van der Waals surface area (Å²) < 4.78 is 0. The predicted molar refractivity (Wildman–Crippen MR) is 71.7 cm³/mol. The Morgan fingerprint density at radius 1 is 1.29 bits per heavy atom. The fraction of sp³-hybridized carbons (Fsp3) is 0.929. The Bertz CT molecular complexity index is 239. The van der Waals surface area contributed by atoms with Gasteiger partial charge in [0.1, 0.15) is 0 Å². The highest BCUT2D eigenvalue weighted by atomic mass is 16.1. The molecule has 17 heavy (non-hydrogen) atoms. The van der Waals surface area contributed by atoms with Gasteiger partial charge in [-0.2, -0.15) is 0 Å². The van der Waals surface area contributed by atoms with E-state index < -0.39 is 0 Å². The van der Waals surface area contributed by atoms with Crippen molar-refractivity contribution in [2.24, 2.45) is 11.7 Å². The van der Waals surface area contributed by atoms with Crippen LogP contribution in [-0.4, -0.2) is 17.5 Å². The average molecular weight is 240 g/mol. The first-order valence-electron chi connectivity index (χ1n) is 6.95. The molecular weight excluding hydrogens is 212 g/mol. The molecule has 3 heteroatoms. The molecule has 1 aliphatic carbocycles. The summed E-state index contributed by atoms with van der Waals surface area (Å²) in [6, 6.07) is -0.170. The molecule has 0 spiro atoms. The van der Waals surface area contributed by atoms with E-state index in [1.54, 1.807) is 0 Å². The van der Waals surface area contributed by atoms with Crippen LogP contribution in [-0.2, 0) is 4.79 Å². The van der Waals surface area contributed by atoms with E-state index in [4.69, 9.17) is 5.73 Å². The van der Waals surface area contributed by atoms with Gasteiger partial charge in [-0.3, -0.25) is 4.79 Å². The zero-order chi connectivity index (χ0) is 12.9. The summed E-state index contributed by atoms with van der Waals surface area (Å²) in [5.74, 6) is 0.600. The monoisotopic (exact) mass is 240 g/mol. The van der Waals surface area contributed by atoms with Crippen molar-refractivity contribution in [2.45, 2.75) is 77.3 Å². The third-order valence-corrected chi connectivity index (χ3v) is 3.54. The molecule has 0 aliphatic heterocycles. The molecule has 0 radical (unpaired) electrons. The molecule has 1 atom stereocenters. The van der Waals surface area contributed by atoms with Crippen molar-refractivity contribution < 1.29 is 4.79 Å². The van der Waals surface area contributed by atoms with Crippen LogP contribution in [0.5, 0.6) is 0 Å². The van der Waals surface area contributed by atoms with Crippen LogP contribution in [0.2, 0.25) is 0 Å². The minimum atomic E-state index is -0.212. The smallest absolute Gasteiger partial charge is 0.234 e. The molecule has 0 saturated heterocycles. The van der Waals surface area contributed by atoms with Crippen molar-refractivity contribution in [3.63, 3.8) is 0 Å². The topological polar surface area (TPSA) is 55.1 Å². The van der Waals surface area contributed by atoms with Gasteiger partial charge in [-0.05, 0) is 39.5 Å². The van der Waals surface area contributed by atoms with E-state index in [2.05, 4.69) is 26.1 Å². The van der Waals surface area contributed by atoms with Crippen molar-refractivity contribution in [3.8, 4) is 0 Å². The van der Waals surface area contributed by atoms with Crippen LogP contribution in [0.1, 0.15) is 65.7 Å². The highest BCUT2D eigenvalue weighted by Crippen LogP contribution is 2.27. The van der Waals surface area contributed by atoms with Crippen molar-refractivity contribution in [1.82, 2.24) is 5.32 Å². The van der Waals surface area contributed by atoms with Crippen LogP contribution < -0.4 is 11.1 Å². The number of nitrogens with two attached hydrogens (primary N) is 1. The fourth-order valence-corrected chi connectivity index (χ4v) is 2.69. The summed E-state index contributed by atoms with van der Waals surface area (Å²) in [5.41, 5.74) is 5.41. The first kappa shape index (κ1) is 14.5. The average Bonchev–Trinajstić information content (AvgIpc) is 2.24. The predicted octanol–water partition coefficient (Wildman–Crippen LogP) is 2.59. The molecule has 0 bridgehead atoms. The summed E-state index contributed by atoms with van der Waals surface area (Å²) >= 11 is 0. The van der Waals surface area contributed by atoms with Crippen molar-refractivity contribution in [1.29, 1.82) is 0 Å². The summed E-state index contributed by atoms with van der Waals surface area (Å²) in [6.07, 6.45) is 8.79. The first-order valence-corrected chi connectivity index (χ1v) is 6.95. The number of rotatable bonds is 5. The third-order valence-electron chi connectivity index (χ3n) is 3.54. The molecule has 0 unspecified atom stereocenters. The molecule has 1 saturated carbocycles. The number of nitrogens with one attached hydrogen (secondary N) is 1. The van der Waals surface area contributed by atoms with E-state index in [1.807, 2.05) is 0 Å². The Labute approximate surface area is 106 Å². The van der Waals surface area contributed by atoms with Gasteiger partial charge in [0.25, 0.3) is 0 Å². The Kier molecular flexibility index (Phi) is 5.44. The second-order valence-electron chi connectivity index (χ2n) is 6.43. The zero-order valence-electron chi connectivity index (χ0n) is 11.6. The van der Waals surface area contributed by atoms with Gasteiger partial charge >= 0.3 is 0 Å². The number of carbonyl (C=O) groups excluding carboxylic acids is 1. The van der Waals surface area contributed by atoms with Gasteiger partial charge < -0.3 is 11.1 Å². The molecule has 1 fully saturated rings. The summed E-state index contributed by atoms with van der Waals surface area (Å²) in [7, 11) is 0. The second kappa shape index (κ2) is 6.39. The molecule has 0 aromatic rings. The second-order valence-corrected chi connectivity index (χ2v) is 6.43. The lowest BCUT2D eigenvalue weighted by Gasteiger charge is -2.28. The summed E-state index contributed by atoms with van der Waals surface area (Å²) in [6.45, 7) is 6.22. The Morgan fingerprint density at radius 3 is 2.35 bits per heavy atom.